The van der Waals surface area contributed by atoms with Crippen LogP contribution in [-0.2, 0) is 4.84 Å². The number of carbonyl (C=O) groups is 1. The van der Waals surface area contributed by atoms with Gasteiger partial charge in [0.1, 0.15) is 5.82 Å². The van der Waals surface area contributed by atoms with Crippen LogP contribution in [0.25, 0.3) is 11.1 Å². The van der Waals surface area contributed by atoms with Crippen molar-refractivity contribution >= 4 is 11.6 Å². The van der Waals surface area contributed by atoms with Crippen molar-refractivity contribution in [2.75, 3.05) is 0 Å². The molecule has 1 unspecified atom stereocenters. The Morgan fingerprint density at radius 1 is 1.09 bits per heavy atom. The molecule has 5 nitrogen and oxygen atoms in total. The zero-order valence-corrected chi connectivity index (χ0v) is 18.6. The van der Waals surface area contributed by atoms with Crippen molar-refractivity contribution in [3.63, 3.8) is 0 Å². The Morgan fingerprint density at radius 2 is 1.88 bits per heavy atom. The molecule has 0 aliphatic carbocycles. The average Bonchev–Trinajstić information content (AvgIpc) is 3.23. The standard InChI is InChI=1S/C26H26FN3O2/c1-15(2)28-26(31)20-12-18(21-9-8-16(3)10-22(21)27)11-19(13-20)24-14-25(32-30-24)23-7-5-6-17(4)29-23/h5-13,15,25H,14H2,1-4H3,(H,28,31). The molecular formula is C26H26FN3O2. The van der Waals surface area contributed by atoms with Crippen LogP contribution in [0.5, 0.6) is 0 Å². The summed E-state index contributed by atoms with van der Waals surface area (Å²) in [5.74, 6) is -0.546. The highest BCUT2D eigenvalue weighted by molar-refractivity contribution is 6.05. The molecule has 0 radical (unpaired) electrons. The van der Waals surface area contributed by atoms with Crippen molar-refractivity contribution in [3.8, 4) is 11.1 Å². The zero-order valence-electron chi connectivity index (χ0n) is 18.6. The summed E-state index contributed by atoms with van der Waals surface area (Å²) in [4.78, 5) is 23.0. The summed E-state index contributed by atoms with van der Waals surface area (Å²) in [7, 11) is 0. The van der Waals surface area contributed by atoms with Crippen molar-refractivity contribution in [2.24, 2.45) is 5.16 Å². The third-order valence-corrected chi connectivity index (χ3v) is 5.29. The highest BCUT2D eigenvalue weighted by atomic mass is 19.1. The van der Waals surface area contributed by atoms with Gasteiger partial charge < -0.3 is 10.2 Å². The van der Waals surface area contributed by atoms with E-state index >= 15 is 0 Å². The fourth-order valence-corrected chi connectivity index (χ4v) is 3.73. The Kier molecular flexibility index (Phi) is 6.04. The molecule has 164 valence electrons. The summed E-state index contributed by atoms with van der Waals surface area (Å²) >= 11 is 0. The second-order valence-electron chi connectivity index (χ2n) is 8.45. The number of benzene rings is 2. The van der Waals surface area contributed by atoms with Crippen LogP contribution in [-0.4, -0.2) is 22.6 Å². The predicted molar refractivity (Wildman–Crippen MR) is 123 cm³/mol. The number of hydrogen-bond acceptors (Lipinski definition) is 4. The highest BCUT2D eigenvalue weighted by Gasteiger charge is 2.26. The normalized spacial score (nSPS) is 15.4. The van der Waals surface area contributed by atoms with Crippen LogP contribution in [0.1, 0.15) is 59.2 Å². The first-order chi connectivity index (χ1) is 15.3. The number of oxime groups is 1. The first kappa shape index (κ1) is 21.7. The zero-order chi connectivity index (χ0) is 22.8. The van der Waals surface area contributed by atoms with E-state index in [1.807, 2.05) is 58.0 Å². The Morgan fingerprint density at radius 3 is 2.59 bits per heavy atom. The number of aryl methyl sites for hydroxylation is 2. The van der Waals surface area contributed by atoms with Gasteiger partial charge in [0.15, 0.2) is 6.10 Å². The fraction of sp³-hybridized carbons (Fsp3) is 0.269. The molecule has 1 aliphatic heterocycles. The minimum Gasteiger partial charge on any atom is -0.385 e. The van der Waals surface area contributed by atoms with Gasteiger partial charge in [-0.25, -0.2) is 4.39 Å². The number of carbonyl (C=O) groups excluding carboxylic acids is 1. The molecule has 2 aromatic carbocycles. The van der Waals surface area contributed by atoms with Crippen molar-refractivity contribution < 1.29 is 14.0 Å². The van der Waals surface area contributed by atoms with E-state index in [1.54, 1.807) is 18.2 Å². The summed E-state index contributed by atoms with van der Waals surface area (Å²) in [6, 6.07) is 16.2. The lowest BCUT2D eigenvalue weighted by molar-refractivity contribution is 0.0825. The van der Waals surface area contributed by atoms with Gasteiger partial charge in [0.05, 0.1) is 11.4 Å². The van der Waals surface area contributed by atoms with Gasteiger partial charge >= 0.3 is 0 Å². The summed E-state index contributed by atoms with van der Waals surface area (Å²) in [6.07, 6.45) is 0.222. The van der Waals surface area contributed by atoms with Gasteiger partial charge in [-0.2, -0.15) is 0 Å². The van der Waals surface area contributed by atoms with E-state index in [0.29, 0.717) is 28.8 Å². The maximum atomic E-state index is 14.7. The van der Waals surface area contributed by atoms with Gasteiger partial charge in [0, 0.05) is 34.8 Å². The molecule has 1 aliphatic rings. The quantitative estimate of drug-likeness (QED) is 0.579. The number of halogens is 1. The Hall–Kier alpha value is -3.54. The van der Waals surface area contributed by atoms with E-state index in [2.05, 4.69) is 15.5 Å². The molecule has 0 bridgehead atoms. The van der Waals surface area contributed by atoms with Crippen molar-refractivity contribution in [1.82, 2.24) is 10.3 Å². The fourth-order valence-electron chi connectivity index (χ4n) is 3.73. The molecule has 2 heterocycles. The van der Waals surface area contributed by atoms with Crippen LogP contribution >= 0.6 is 0 Å². The van der Waals surface area contributed by atoms with Crippen molar-refractivity contribution in [2.45, 2.75) is 46.3 Å². The molecule has 1 atom stereocenters. The van der Waals surface area contributed by atoms with Gasteiger partial charge in [0.25, 0.3) is 5.91 Å². The van der Waals surface area contributed by atoms with Crippen LogP contribution in [0, 0.1) is 19.7 Å². The van der Waals surface area contributed by atoms with Crippen LogP contribution in [0.2, 0.25) is 0 Å². The third-order valence-electron chi connectivity index (χ3n) is 5.29. The molecule has 0 saturated heterocycles. The molecule has 1 aromatic heterocycles. The predicted octanol–water partition coefficient (Wildman–Crippen LogP) is 5.51. The highest BCUT2D eigenvalue weighted by Crippen LogP contribution is 2.32. The van der Waals surface area contributed by atoms with Crippen molar-refractivity contribution in [1.29, 1.82) is 0 Å². The van der Waals surface area contributed by atoms with Crippen molar-refractivity contribution in [3.05, 3.63) is 88.5 Å². The minimum absolute atomic E-state index is 0.0188. The molecule has 0 spiro atoms. The molecular weight excluding hydrogens is 405 g/mol. The Labute approximate surface area is 187 Å². The Bertz CT molecular complexity index is 1200. The topological polar surface area (TPSA) is 63.6 Å². The van der Waals surface area contributed by atoms with Gasteiger partial charge in [-0.05, 0) is 75.2 Å². The molecule has 0 saturated carbocycles. The summed E-state index contributed by atoms with van der Waals surface area (Å²) in [5.41, 5.74) is 5.48. The number of nitrogens with zero attached hydrogens (tertiary/aromatic N) is 2. The van der Waals surface area contributed by atoms with Gasteiger partial charge in [-0.15, -0.1) is 0 Å². The van der Waals surface area contributed by atoms with E-state index in [-0.39, 0.29) is 23.9 Å². The molecule has 0 fully saturated rings. The molecule has 4 rings (SSSR count). The van der Waals surface area contributed by atoms with Gasteiger partial charge in [-0.1, -0.05) is 23.4 Å². The lowest BCUT2D eigenvalue weighted by Gasteiger charge is -2.13. The molecule has 32 heavy (non-hydrogen) atoms. The van der Waals surface area contributed by atoms with E-state index in [4.69, 9.17) is 4.84 Å². The van der Waals surface area contributed by atoms with E-state index in [0.717, 1.165) is 22.5 Å². The van der Waals surface area contributed by atoms with E-state index < -0.39 is 0 Å². The molecule has 1 amide bonds. The summed E-state index contributed by atoms with van der Waals surface area (Å²) < 4.78 is 14.7. The molecule has 6 heteroatoms. The largest absolute Gasteiger partial charge is 0.385 e. The minimum atomic E-state index is -0.330. The van der Waals surface area contributed by atoms with Gasteiger partial charge in [-0.3, -0.25) is 9.78 Å². The maximum Gasteiger partial charge on any atom is 0.251 e. The number of aromatic nitrogens is 1. The Balaban J connectivity index is 1.72. The lowest BCUT2D eigenvalue weighted by Crippen LogP contribution is -2.30. The third kappa shape index (κ3) is 4.69. The summed E-state index contributed by atoms with van der Waals surface area (Å²) in [6.45, 7) is 7.57. The first-order valence-electron chi connectivity index (χ1n) is 10.7. The number of pyridine rings is 1. The summed E-state index contributed by atoms with van der Waals surface area (Å²) in [5, 5.41) is 7.18. The lowest BCUT2D eigenvalue weighted by atomic mass is 9.94. The smallest absolute Gasteiger partial charge is 0.251 e. The maximum absolute atomic E-state index is 14.7. The van der Waals surface area contributed by atoms with E-state index in [1.165, 1.54) is 6.07 Å². The number of nitrogens with one attached hydrogen (secondary N) is 1. The molecule has 3 aromatic rings. The second kappa shape index (κ2) is 8.91. The first-order valence-corrected chi connectivity index (χ1v) is 10.7. The van der Waals surface area contributed by atoms with Crippen LogP contribution in [0.3, 0.4) is 0 Å². The number of rotatable bonds is 5. The monoisotopic (exact) mass is 431 g/mol. The number of hydrogen-bond donors (Lipinski definition) is 1. The second-order valence-corrected chi connectivity index (χ2v) is 8.45. The number of amides is 1. The van der Waals surface area contributed by atoms with Crippen LogP contribution < -0.4 is 5.32 Å². The SMILES string of the molecule is Cc1ccc(-c2cc(C(=O)NC(C)C)cc(C3=NOC(c4cccc(C)n4)C3)c2)c(F)c1. The molecule has 1 N–H and O–H groups in total. The van der Waals surface area contributed by atoms with Crippen LogP contribution in [0.15, 0.2) is 59.8 Å². The van der Waals surface area contributed by atoms with E-state index in [9.17, 15) is 9.18 Å². The van der Waals surface area contributed by atoms with Crippen LogP contribution in [0.4, 0.5) is 4.39 Å². The average molecular weight is 432 g/mol. The van der Waals surface area contributed by atoms with Gasteiger partial charge in [0.2, 0.25) is 0 Å².